The van der Waals surface area contributed by atoms with Gasteiger partial charge in [-0.25, -0.2) is 15.0 Å². The van der Waals surface area contributed by atoms with Crippen molar-refractivity contribution in [3.63, 3.8) is 0 Å². The molecule has 0 aliphatic carbocycles. The second-order valence-electron chi connectivity index (χ2n) is 4.94. The number of nitrogen functional groups attached to an aromatic ring is 1. The molecule has 4 N–H and O–H groups in total. The largest absolute Gasteiger partial charge is 0.382 e. The van der Waals surface area contributed by atoms with E-state index in [1.807, 2.05) is 0 Å². The molecule has 1 atom stereocenters. The van der Waals surface area contributed by atoms with Crippen molar-refractivity contribution in [3.05, 3.63) is 12.7 Å². The Kier molecular flexibility index (Phi) is 5.02. The van der Waals surface area contributed by atoms with Gasteiger partial charge < -0.3 is 25.0 Å². The molecule has 0 radical (unpaired) electrons. The number of nitrogens with two attached hydrogens (primary N) is 1. The standard InChI is InChI=1S/C12H20N5O5P/c1-4-12(5-2,23(18,19)20)22-11(21-3)17-7-16-8-9(13)14-6-15-10(8)17/h6-7,11H,4-5H2,1-3H3,(H2,13,14,15)(H2,18,19,20). The van der Waals surface area contributed by atoms with Crippen LogP contribution in [-0.4, -0.2) is 41.8 Å². The lowest BCUT2D eigenvalue weighted by Gasteiger charge is -2.35. The molecule has 2 aromatic heterocycles. The normalized spacial score (nSPS) is 14.3. The molecule has 0 saturated carbocycles. The van der Waals surface area contributed by atoms with E-state index in [1.54, 1.807) is 13.8 Å². The molecule has 1 unspecified atom stereocenters. The van der Waals surface area contributed by atoms with Gasteiger partial charge in [-0.15, -0.1) is 0 Å². The molecule has 0 aliphatic rings. The molecular formula is C12H20N5O5P. The highest BCUT2D eigenvalue weighted by Crippen LogP contribution is 2.56. The van der Waals surface area contributed by atoms with Crippen molar-refractivity contribution >= 4 is 24.6 Å². The van der Waals surface area contributed by atoms with Gasteiger partial charge in [-0.1, -0.05) is 13.8 Å². The molecule has 0 aliphatic heterocycles. The summed E-state index contributed by atoms with van der Waals surface area (Å²) in [6.45, 7) is 3.28. The highest BCUT2D eigenvalue weighted by Gasteiger charge is 2.47. The van der Waals surface area contributed by atoms with Gasteiger partial charge in [0.15, 0.2) is 16.8 Å². The highest BCUT2D eigenvalue weighted by molar-refractivity contribution is 7.53. The number of methoxy groups -OCH3 is 1. The van der Waals surface area contributed by atoms with Crippen molar-refractivity contribution < 1.29 is 23.8 Å². The van der Waals surface area contributed by atoms with Gasteiger partial charge in [0, 0.05) is 7.11 Å². The van der Waals surface area contributed by atoms with Gasteiger partial charge in [0.1, 0.15) is 18.2 Å². The minimum Gasteiger partial charge on any atom is -0.382 e. The maximum Gasteiger partial charge on any atom is 0.357 e. The van der Waals surface area contributed by atoms with Gasteiger partial charge >= 0.3 is 7.60 Å². The van der Waals surface area contributed by atoms with Crippen molar-refractivity contribution in [1.29, 1.82) is 0 Å². The Labute approximate surface area is 132 Å². The first-order valence-corrected chi connectivity index (χ1v) is 8.60. The molecule has 0 fully saturated rings. The van der Waals surface area contributed by atoms with E-state index >= 15 is 0 Å². The predicted octanol–water partition coefficient (Wildman–Crippen LogP) is 1.22. The lowest BCUT2D eigenvalue weighted by molar-refractivity contribution is -0.220. The first-order chi connectivity index (χ1) is 10.8. The number of rotatable bonds is 7. The van der Waals surface area contributed by atoms with E-state index in [2.05, 4.69) is 15.0 Å². The molecule has 128 valence electrons. The van der Waals surface area contributed by atoms with Crippen molar-refractivity contribution in [3.8, 4) is 0 Å². The van der Waals surface area contributed by atoms with Gasteiger partial charge in [0.2, 0.25) is 6.41 Å². The lowest BCUT2D eigenvalue weighted by atomic mass is 10.2. The van der Waals surface area contributed by atoms with Gasteiger partial charge in [-0.3, -0.25) is 9.13 Å². The Morgan fingerprint density at radius 2 is 2.00 bits per heavy atom. The summed E-state index contributed by atoms with van der Waals surface area (Å²) in [6, 6.07) is 0. The molecule has 0 spiro atoms. The summed E-state index contributed by atoms with van der Waals surface area (Å²) in [5.41, 5.74) is 6.43. The van der Waals surface area contributed by atoms with Gasteiger partial charge in [-0.2, -0.15) is 0 Å². The van der Waals surface area contributed by atoms with Crippen molar-refractivity contribution in [2.45, 2.75) is 38.4 Å². The van der Waals surface area contributed by atoms with Gasteiger partial charge in [0.25, 0.3) is 0 Å². The number of nitrogens with zero attached hydrogens (tertiary/aromatic N) is 4. The monoisotopic (exact) mass is 345 g/mol. The fourth-order valence-electron chi connectivity index (χ4n) is 2.33. The van der Waals surface area contributed by atoms with E-state index in [0.29, 0.717) is 11.2 Å². The van der Waals surface area contributed by atoms with Crippen LogP contribution in [0.5, 0.6) is 0 Å². The topological polar surface area (TPSA) is 146 Å². The molecule has 0 amide bonds. The van der Waals surface area contributed by atoms with Gasteiger partial charge in [-0.05, 0) is 12.8 Å². The van der Waals surface area contributed by atoms with Crippen LogP contribution in [0.2, 0.25) is 0 Å². The first-order valence-electron chi connectivity index (χ1n) is 6.99. The molecule has 2 rings (SSSR count). The van der Waals surface area contributed by atoms with E-state index in [-0.39, 0.29) is 18.7 Å². The number of imidazole rings is 1. The summed E-state index contributed by atoms with van der Waals surface area (Å²) in [5.74, 6) is 0.191. The van der Waals surface area contributed by atoms with Crippen LogP contribution in [0.15, 0.2) is 12.7 Å². The number of anilines is 1. The Bertz CT molecular complexity index is 726. The van der Waals surface area contributed by atoms with E-state index in [0.717, 1.165) is 0 Å². The molecule has 0 bridgehead atoms. The summed E-state index contributed by atoms with van der Waals surface area (Å²) >= 11 is 0. The zero-order chi connectivity index (χ0) is 17.3. The van der Waals surface area contributed by atoms with Crippen LogP contribution in [0.1, 0.15) is 33.1 Å². The maximum absolute atomic E-state index is 11.9. The van der Waals surface area contributed by atoms with Gasteiger partial charge in [0.05, 0.1) is 0 Å². The number of hydrogen-bond acceptors (Lipinski definition) is 7. The van der Waals surface area contributed by atoms with Crippen LogP contribution < -0.4 is 5.73 Å². The van der Waals surface area contributed by atoms with Crippen molar-refractivity contribution in [2.75, 3.05) is 12.8 Å². The third kappa shape index (κ3) is 3.08. The minimum absolute atomic E-state index is 0.109. The average molecular weight is 345 g/mol. The van der Waals surface area contributed by atoms with Crippen LogP contribution in [-0.2, 0) is 14.0 Å². The van der Waals surface area contributed by atoms with Crippen LogP contribution in [0.4, 0.5) is 5.82 Å². The zero-order valence-corrected chi connectivity index (χ0v) is 14.0. The summed E-state index contributed by atoms with van der Waals surface area (Å²) in [5, 5.41) is -1.66. The smallest absolute Gasteiger partial charge is 0.357 e. The third-order valence-electron chi connectivity index (χ3n) is 3.77. The fraction of sp³-hybridized carbons (Fsp3) is 0.583. The summed E-state index contributed by atoms with van der Waals surface area (Å²) in [6.07, 6.45) is 1.73. The number of aromatic nitrogens is 4. The lowest BCUT2D eigenvalue weighted by Crippen LogP contribution is -2.35. The molecule has 2 aromatic rings. The quantitative estimate of drug-likeness (QED) is 0.498. The molecule has 11 heteroatoms. The molecule has 10 nitrogen and oxygen atoms in total. The molecule has 2 heterocycles. The Balaban J connectivity index is 2.46. The van der Waals surface area contributed by atoms with Crippen LogP contribution >= 0.6 is 7.60 Å². The van der Waals surface area contributed by atoms with Crippen molar-refractivity contribution in [2.24, 2.45) is 0 Å². The van der Waals surface area contributed by atoms with E-state index in [9.17, 15) is 14.4 Å². The second kappa shape index (κ2) is 6.50. The zero-order valence-electron chi connectivity index (χ0n) is 13.1. The average Bonchev–Trinajstić information content (AvgIpc) is 2.93. The number of fused-ring (bicyclic) bond motifs is 1. The maximum atomic E-state index is 11.9. The van der Waals surface area contributed by atoms with Crippen LogP contribution in [0.3, 0.4) is 0 Å². The molecule has 0 aromatic carbocycles. The molecular weight excluding hydrogens is 325 g/mol. The van der Waals surface area contributed by atoms with E-state index in [4.69, 9.17) is 15.2 Å². The fourth-order valence-corrected chi connectivity index (χ4v) is 3.38. The Morgan fingerprint density at radius 1 is 1.35 bits per heavy atom. The second-order valence-corrected chi connectivity index (χ2v) is 6.84. The first kappa shape index (κ1) is 17.8. The Hall–Kier alpha value is -1.58. The summed E-state index contributed by atoms with van der Waals surface area (Å²) < 4.78 is 24.2. The number of hydrogen-bond donors (Lipinski definition) is 3. The highest BCUT2D eigenvalue weighted by atomic mass is 31.2. The van der Waals surface area contributed by atoms with Crippen molar-refractivity contribution in [1.82, 2.24) is 19.5 Å². The SMILES string of the molecule is CCC(CC)(OC(OC)n1cnc2c(N)ncnc21)P(=O)(O)O. The van der Waals surface area contributed by atoms with Crippen LogP contribution in [0.25, 0.3) is 11.2 Å². The van der Waals surface area contributed by atoms with Crippen LogP contribution in [0, 0.1) is 0 Å². The van der Waals surface area contributed by atoms with E-state index < -0.39 is 19.4 Å². The number of ether oxygens (including phenoxy) is 2. The minimum atomic E-state index is -4.54. The summed E-state index contributed by atoms with van der Waals surface area (Å²) in [4.78, 5) is 31.4. The summed E-state index contributed by atoms with van der Waals surface area (Å²) in [7, 11) is -3.18. The third-order valence-corrected chi connectivity index (χ3v) is 5.57. The Morgan fingerprint density at radius 3 is 2.52 bits per heavy atom. The van der Waals surface area contributed by atoms with E-state index in [1.165, 1.54) is 24.3 Å². The molecule has 23 heavy (non-hydrogen) atoms. The predicted molar refractivity (Wildman–Crippen MR) is 82.2 cm³/mol. The molecule has 0 saturated heterocycles.